The number of ether oxygens (including phenoxy) is 2. The van der Waals surface area contributed by atoms with Gasteiger partial charge in [0.1, 0.15) is 0 Å². The van der Waals surface area contributed by atoms with Gasteiger partial charge in [-0.25, -0.2) is 0 Å². The Balaban J connectivity index is 1.45. The van der Waals surface area contributed by atoms with E-state index in [0.29, 0.717) is 19.8 Å². The third kappa shape index (κ3) is 2.28. The Morgan fingerprint density at radius 2 is 2.09 bits per heavy atom. The lowest BCUT2D eigenvalue weighted by Crippen LogP contribution is -2.31. The zero-order chi connectivity index (χ0) is 14.9. The van der Waals surface area contributed by atoms with Crippen molar-refractivity contribution in [1.82, 2.24) is 0 Å². The van der Waals surface area contributed by atoms with Crippen LogP contribution in [0.4, 0.5) is 5.69 Å². The quantitative estimate of drug-likeness (QED) is 0.796. The van der Waals surface area contributed by atoms with Crippen molar-refractivity contribution in [3.05, 3.63) is 42.0 Å². The Kier molecular flexibility index (Phi) is 3.56. The van der Waals surface area contributed by atoms with Crippen LogP contribution in [0, 0.1) is 0 Å². The number of carbonyl (C=O) groups excluding carboxylic acids is 1. The molecular weight excluding hydrogens is 278 g/mol. The fourth-order valence-corrected chi connectivity index (χ4v) is 3.35. The number of nitrogens with zero attached hydrogens (tertiary/aromatic N) is 1. The molecule has 2 heterocycles. The van der Waals surface area contributed by atoms with Crippen LogP contribution in [0.3, 0.4) is 0 Å². The molecular formula is C18H19NO3. The topological polar surface area (TPSA) is 38.8 Å². The summed E-state index contributed by atoms with van der Waals surface area (Å²) < 4.78 is 11.2. The number of anilines is 1. The molecule has 22 heavy (non-hydrogen) atoms. The maximum atomic E-state index is 12.6. The highest BCUT2D eigenvalue weighted by molar-refractivity contribution is 6.24. The Labute approximate surface area is 129 Å². The molecule has 0 radical (unpaired) electrons. The fraction of sp³-hybridized carbons (Fsp3) is 0.389. The van der Waals surface area contributed by atoms with E-state index in [1.165, 1.54) is 0 Å². The minimum absolute atomic E-state index is 0.0764. The van der Waals surface area contributed by atoms with E-state index in [0.717, 1.165) is 41.5 Å². The van der Waals surface area contributed by atoms with Crippen LogP contribution in [0.15, 0.2) is 36.4 Å². The van der Waals surface area contributed by atoms with Gasteiger partial charge >= 0.3 is 0 Å². The van der Waals surface area contributed by atoms with Gasteiger partial charge in [0.15, 0.2) is 0 Å². The normalized spacial score (nSPS) is 20.3. The first-order valence-corrected chi connectivity index (χ1v) is 7.87. The summed E-state index contributed by atoms with van der Waals surface area (Å²) in [5.74, 6) is 0.0764. The number of amides is 1. The van der Waals surface area contributed by atoms with E-state index in [4.69, 9.17) is 9.47 Å². The summed E-state index contributed by atoms with van der Waals surface area (Å²) in [7, 11) is 0. The predicted molar refractivity (Wildman–Crippen MR) is 85.4 cm³/mol. The molecule has 0 saturated carbocycles. The minimum Gasteiger partial charge on any atom is -0.377 e. The van der Waals surface area contributed by atoms with Crippen molar-refractivity contribution in [3.8, 4) is 0 Å². The molecule has 0 aromatic heterocycles. The molecule has 1 atom stereocenters. The number of hydrogen-bond donors (Lipinski definition) is 0. The van der Waals surface area contributed by atoms with Gasteiger partial charge in [-0.15, -0.1) is 0 Å². The van der Waals surface area contributed by atoms with Gasteiger partial charge in [-0.05, 0) is 30.4 Å². The Hall–Kier alpha value is -1.91. The molecule has 1 fully saturated rings. The van der Waals surface area contributed by atoms with Gasteiger partial charge in [0, 0.05) is 24.1 Å². The van der Waals surface area contributed by atoms with Gasteiger partial charge in [0.25, 0.3) is 5.91 Å². The van der Waals surface area contributed by atoms with Crippen molar-refractivity contribution in [2.24, 2.45) is 0 Å². The van der Waals surface area contributed by atoms with Crippen molar-refractivity contribution < 1.29 is 14.3 Å². The van der Waals surface area contributed by atoms with Crippen molar-refractivity contribution in [3.63, 3.8) is 0 Å². The molecule has 4 rings (SSSR count). The largest absolute Gasteiger partial charge is 0.377 e. The van der Waals surface area contributed by atoms with Crippen LogP contribution in [-0.4, -0.2) is 38.4 Å². The summed E-state index contributed by atoms with van der Waals surface area (Å²) in [5.41, 5.74) is 1.80. The average Bonchev–Trinajstić information content (AvgIpc) is 3.15. The third-order valence-electron chi connectivity index (χ3n) is 4.44. The standard InChI is InChI=1S/C18H19NO3/c20-18-15-7-1-4-13-5-2-8-16(17(13)15)19(18)9-11-21-12-14-6-3-10-22-14/h1-2,4-5,7-8,14H,3,6,9-12H2. The van der Waals surface area contributed by atoms with Crippen LogP contribution in [0.25, 0.3) is 10.8 Å². The molecule has 1 unspecified atom stereocenters. The number of hydrogen-bond acceptors (Lipinski definition) is 3. The predicted octanol–water partition coefficient (Wildman–Crippen LogP) is 3.00. The van der Waals surface area contributed by atoms with Gasteiger partial charge in [0.2, 0.25) is 0 Å². The van der Waals surface area contributed by atoms with Gasteiger partial charge in [0.05, 0.1) is 25.0 Å². The van der Waals surface area contributed by atoms with Crippen LogP contribution >= 0.6 is 0 Å². The van der Waals surface area contributed by atoms with E-state index in [2.05, 4.69) is 0 Å². The minimum atomic E-state index is 0.0764. The van der Waals surface area contributed by atoms with Gasteiger partial charge in [-0.2, -0.15) is 0 Å². The summed E-state index contributed by atoms with van der Waals surface area (Å²) in [6.07, 6.45) is 2.43. The smallest absolute Gasteiger partial charge is 0.259 e. The van der Waals surface area contributed by atoms with E-state index in [9.17, 15) is 4.79 Å². The van der Waals surface area contributed by atoms with Crippen LogP contribution in [0.1, 0.15) is 23.2 Å². The molecule has 1 saturated heterocycles. The van der Waals surface area contributed by atoms with Gasteiger partial charge in [-0.1, -0.05) is 24.3 Å². The molecule has 1 amide bonds. The highest BCUT2D eigenvalue weighted by Gasteiger charge is 2.29. The molecule has 2 aromatic rings. The van der Waals surface area contributed by atoms with Crippen LogP contribution in [0.5, 0.6) is 0 Å². The third-order valence-corrected chi connectivity index (χ3v) is 4.44. The number of rotatable bonds is 5. The van der Waals surface area contributed by atoms with E-state index >= 15 is 0 Å². The molecule has 2 aliphatic rings. The first kappa shape index (κ1) is 13.7. The van der Waals surface area contributed by atoms with E-state index in [-0.39, 0.29) is 12.0 Å². The highest BCUT2D eigenvalue weighted by Crippen LogP contribution is 2.36. The molecule has 2 aromatic carbocycles. The van der Waals surface area contributed by atoms with Crippen LogP contribution < -0.4 is 4.90 Å². The average molecular weight is 297 g/mol. The lowest BCUT2D eigenvalue weighted by molar-refractivity contribution is 0.0195. The molecule has 0 N–H and O–H groups in total. The zero-order valence-corrected chi connectivity index (χ0v) is 12.5. The molecule has 114 valence electrons. The summed E-state index contributed by atoms with van der Waals surface area (Å²) in [6, 6.07) is 12.0. The van der Waals surface area contributed by atoms with E-state index in [1.54, 1.807) is 0 Å². The zero-order valence-electron chi connectivity index (χ0n) is 12.5. The maximum Gasteiger partial charge on any atom is 0.259 e. The monoisotopic (exact) mass is 297 g/mol. The van der Waals surface area contributed by atoms with Gasteiger partial charge < -0.3 is 14.4 Å². The van der Waals surface area contributed by atoms with Crippen molar-refractivity contribution in [2.45, 2.75) is 18.9 Å². The van der Waals surface area contributed by atoms with E-state index in [1.807, 2.05) is 41.3 Å². The summed E-state index contributed by atoms with van der Waals surface area (Å²) in [4.78, 5) is 14.4. The first-order chi connectivity index (χ1) is 10.8. The lowest BCUT2D eigenvalue weighted by Gasteiger charge is -2.18. The summed E-state index contributed by atoms with van der Waals surface area (Å²) in [5, 5.41) is 2.18. The lowest BCUT2D eigenvalue weighted by atomic mass is 10.1. The first-order valence-electron chi connectivity index (χ1n) is 7.87. The van der Waals surface area contributed by atoms with E-state index < -0.39 is 0 Å². The van der Waals surface area contributed by atoms with Gasteiger partial charge in [-0.3, -0.25) is 4.79 Å². The van der Waals surface area contributed by atoms with Crippen LogP contribution in [-0.2, 0) is 9.47 Å². The second kappa shape index (κ2) is 5.71. The Morgan fingerprint density at radius 3 is 2.91 bits per heavy atom. The number of benzene rings is 2. The van der Waals surface area contributed by atoms with Crippen molar-refractivity contribution in [2.75, 3.05) is 31.3 Å². The second-order valence-corrected chi connectivity index (χ2v) is 5.85. The summed E-state index contributed by atoms with van der Waals surface area (Å²) >= 11 is 0. The SMILES string of the molecule is O=C1c2cccc3cccc(c23)N1CCOCC1CCCO1. The molecule has 0 spiro atoms. The molecule has 4 heteroatoms. The highest BCUT2D eigenvalue weighted by atomic mass is 16.5. The molecule has 0 bridgehead atoms. The maximum absolute atomic E-state index is 12.6. The molecule has 0 aliphatic carbocycles. The second-order valence-electron chi connectivity index (χ2n) is 5.85. The van der Waals surface area contributed by atoms with Crippen LogP contribution in [0.2, 0.25) is 0 Å². The Bertz CT molecular complexity index is 701. The molecule has 2 aliphatic heterocycles. The summed E-state index contributed by atoms with van der Waals surface area (Å²) in [6.45, 7) is 2.59. The fourth-order valence-electron chi connectivity index (χ4n) is 3.35. The Morgan fingerprint density at radius 1 is 1.23 bits per heavy atom. The van der Waals surface area contributed by atoms with Crippen molar-refractivity contribution >= 4 is 22.4 Å². The molecule has 4 nitrogen and oxygen atoms in total. The van der Waals surface area contributed by atoms with Crippen molar-refractivity contribution in [1.29, 1.82) is 0 Å². The number of carbonyl (C=O) groups is 1.